The standard InChI is InChI=1S/2C26H23FN2O3S/c2*1-26-13-16-14-28-29(19-9-7-18(27)8-10-19)23(16)12-17(26)6-11-22(26)25(30)21-15-33(31,32)24-5-3-2-4-20(21)24/h2*2-5,7-10,12,14-15,22,25,30H,6,11,13H2,1H3/t22-,25+,26+;22-,25-,26+/m11/s1. The summed E-state index contributed by atoms with van der Waals surface area (Å²) in [4.78, 5) is 0.536. The second-order valence-corrected chi connectivity index (χ2v) is 22.4. The number of aromatic nitrogens is 4. The van der Waals surface area contributed by atoms with Gasteiger partial charge in [-0.25, -0.2) is 35.0 Å². The molecule has 6 atom stereocenters. The molecule has 66 heavy (non-hydrogen) atoms. The Bertz CT molecular complexity index is 3130. The normalized spacial score (nSPS) is 25.6. The highest BCUT2D eigenvalue weighted by Gasteiger charge is 2.52. The fraction of sp³-hybridized carbons (Fsp3) is 0.269. The van der Waals surface area contributed by atoms with Crippen molar-refractivity contribution in [2.24, 2.45) is 22.7 Å². The fourth-order valence-corrected chi connectivity index (χ4v) is 14.7. The van der Waals surface area contributed by atoms with E-state index in [4.69, 9.17) is 0 Å². The Morgan fingerprint density at radius 2 is 0.970 bits per heavy atom. The van der Waals surface area contributed by atoms with Gasteiger partial charge in [0, 0.05) is 22.0 Å². The van der Waals surface area contributed by atoms with Gasteiger partial charge in [-0.2, -0.15) is 10.2 Å². The van der Waals surface area contributed by atoms with Gasteiger partial charge in [-0.1, -0.05) is 61.4 Å². The van der Waals surface area contributed by atoms with Crippen molar-refractivity contribution in [1.29, 1.82) is 0 Å². The lowest BCUT2D eigenvalue weighted by Crippen LogP contribution is -2.36. The second-order valence-electron chi connectivity index (χ2n) is 18.8. The number of benzene rings is 4. The average Bonchev–Trinajstić information content (AvgIpc) is 4.15. The molecule has 2 N–H and O–H groups in total. The third-order valence-electron chi connectivity index (χ3n) is 15.2. The van der Waals surface area contributed by atoms with Crippen LogP contribution in [-0.2, 0) is 32.5 Å². The molecule has 10 nitrogen and oxygen atoms in total. The highest BCUT2D eigenvalue weighted by Crippen LogP contribution is 2.58. The third-order valence-corrected chi connectivity index (χ3v) is 18.2. The van der Waals surface area contributed by atoms with Gasteiger partial charge in [-0.05, 0) is 156 Å². The Hall–Kier alpha value is -6.06. The molecular weight excluding hydrogens is 879 g/mol. The zero-order chi connectivity index (χ0) is 45.9. The minimum absolute atomic E-state index is 0.112. The topological polar surface area (TPSA) is 144 Å². The smallest absolute Gasteiger partial charge is 0.200 e. The number of aliphatic hydroxyl groups excluding tert-OH is 2. The van der Waals surface area contributed by atoms with Gasteiger partial charge >= 0.3 is 0 Å². The first kappa shape index (κ1) is 42.6. The molecule has 2 saturated carbocycles. The van der Waals surface area contributed by atoms with Crippen LogP contribution in [0.5, 0.6) is 0 Å². The van der Waals surface area contributed by atoms with Crippen molar-refractivity contribution in [3.05, 3.63) is 177 Å². The SMILES string of the molecule is C[C@]12Cc3cnn(-c4ccc(F)cc4)c3C=C1CC[C@@H]2[C@@H](O)C1=CS(=O)(=O)c2ccccc21.C[C@]12Cc3cnn(-c4ccc(F)cc4)c3C=C1CC[C@@H]2[C@H](O)C1=CS(=O)(=O)c2ccccc21. The van der Waals surface area contributed by atoms with Crippen LogP contribution in [0.1, 0.15) is 73.2 Å². The van der Waals surface area contributed by atoms with Crippen molar-refractivity contribution >= 4 is 43.0 Å². The quantitative estimate of drug-likeness (QED) is 0.168. The van der Waals surface area contributed by atoms with Crippen LogP contribution in [0.4, 0.5) is 8.78 Å². The molecule has 2 aliphatic heterocycles. The van der Waals surface area contributed by atoms with E-state index >= 15 is 0 Å². The first-order valence-corrected chi connectivity index (χ1v) is 25.2. The van der Waals surface area contributed by atoms with Crippen LogP contribution in [0.15, 0.2) is 141 Å². The maximum absolute atomic E-state index is 13.4. The molecule has 4 heterocycles. The van der Waals surface area contributed by atoms with Crippen LogP contribution in [0.25, 0.3) is 34.7 Å². The molecule has 336 valence electrons. The monoisotopic (exact) mass is 924 g/mol. The Balaban J connectivity index is 0.000000146. The van der Waals surface area contributed by atoms with Crippen LogP contribution in [0.3, 0.4) is 0 Å². The lowest BCUT2D eigenvalue weighted by atomic mass is 9.67. The molecule has 4 aromatic carbocycles. The molecular formula is C52H46F2N4O6S2. The van der Waals surface area contributed by atoms with E-state index in [9.17, 15) is 35.8 Å². The van der Waals surface area contributed by atoms with Gasteiger partial charge in [0.25, 0.3) is 0 Å². The fourth-order valence-electron chi connectivity index (χ4n) is 11.7. The summed E-state index contributed by atoms with van der Waals surface area (Å²) in [5.74, 6) is -0.802. The average molecular weight is 925 g/mol. The van der Waals surface area contributed by atoms with Gasteiger partial charge in [-0.15, -0.1) is 0 Å². The largest absolute Gasteiger partial charge is 0.388 e. The molecule has 4 aliphatic carbocycles. The number of hydrogen-bond donors (Lipinski definition) is 2. The van der Waals surface area contributed by atoms with E-state index in [1.807, 2.05) is 21.8 Å². The molecule has 0 radical (unpaired) electrons. The molecule has 2 aromatic heterocycles. The lowest BCUT2D eigenvalue weighted by molar-refractivity contribution is 0.0992. The second kappa shape index (κ2) is 15.2. The van der Waals surface area contributed by atoms with Gasteiger partial charge in [0.15, 0.2) is 0 Å². The maximum Gasteiger partial charge on any atom is 0.200 e. The zero-order valence-corrected chi connectivity index (χ0v) is 37.8. The third kappa shape index (κ3) is 6.66. The molecule has 12 rings (SSSR count). The molecule has 6 aliphatic rings. The van der Waals surface area contributed by atoms with Crippen molar-refractivity contribution in [1.82, 2.24) is 19.6 Å². The van der Waals surface area contributed by atoms with Gasteiger partial charge in [0.05, 0.1) is 57.2 Å². The van der Waals surface area contributed by atoms with Crippen LogP contribution in [0, 0.1) is 34.3 Å². The predicted molar refractivity (Wildman–Crippen MR) is 247 cm³/mol. The van der Waals surface area contributed by atoms with Crippen LogP contribution >= 0.6 is 0 Å². The van der Waals surface area contributed by atoms with Crippen molar-refractivity contribution in [3.63, 3.8) is 0 Å². The first-order chi connectivity index (χ1) is 31.6. The van der Waals surface area contributed by atoms with E-state index in [0.717, 1.165) is 59.6 Å². The molecule has 6 aromatic rings. The molecule has 0 saturated heterocycles. The Morgan fingerprint density at radius 3 is 1.36 bits per heavy atom. The number of fused-ring (bicyclic) bond motifs is 6. The molecule has 2 fully saturated rings. The number of rotatable bonds is 6. The maximum atomic E-state index is 13.4. The molecule has 0 spiro atoms. The summed E-state index contributed by atoms with van der Waals surface area (Å²) in [6, 6.07) is 26.3. The van der Waals surface area contributed by atoms with E-state index < -0.39 is 31.9 Å². The van der Waals surface area contributed by atoms with Crippen molar-refractivity contribution in [2.45, 2.75) is 74.4 Å². The number of hydrogen-bond acceptors (Lipinski definition) is 8. The van der Waals surface area contributed by atoms with E-state index in [1.165, 1.54) is 46.2 Å². The van der Waals surface area contributed by atoms with Crippen molar-refractivity contribution in [2.75, 3.05) is 0 Å². The Morgan fingerprint density at radius 1 is 0.591 bits per heavy atom. The summed E-state index contributed by atoms with van der Waals surface area (Å²) < 4.78 is 80.9. The Kier molecular flexibility index (Phi) is 9.83. The van der Waals surface area contributed by atoms with Gasteiger partial charge in [0.2, 0.25) is 19.7 Å². The van der Waals surface area contributed by atoms with Crippen LogP contribution < -0.4 is 0 Å². The van der Waals surface area contributed by atoms with E-state index in [0.29, 0.717) is 35.1 Å². The highest BCUT2D eigenvalue weighted by atomic mass is 32.2. The molecule has 14 heteroatoms. The van der Waals surface area contributed by atoms with Crippen LogP contribution in [-0.4, -0.2) is 58.8 Å². The van der Waals surface area contributed by atoms with Gasteiger partial charge in [-0.3, -0.25) is 0 Å². The van der Waals surface area contributed by atoms with Crippen molar-refractivity contribution < 1.29 is 35.8 Å². The molecule has 0 amide bonds. The minimum Gasteiger partial charge on any atom is -0.388 e. The van der Waals surface area contributed by atoms with E-state index in [-0.39, 0.29) is 44.1 Å². The van der Waals surface area contributed by atoms with Gasteiger partial charge < -0.3 is 10.2 Å². The summed E-state index contributed by atoms with van der Waals surface area (Å²) in [6.45, 7) is 4.32. The number of nitrogens with zero attached hydrogens (tertiary/aromatic N) is 4. The van der Waals surface area contributed by atoms with E-state index in [2.05, 4.69) is 36.2 Å². The summed E-state index contributed by atoms with van der Waals surface area (Å²) in [6.07, 6.45) is 10.8. The number of sulfone groups is 2. The van der Waals surface area contributed by atoms with Gasteiger partial charge in [0.1, 0.15) is 11.6 Å². The van der Waals surface area contributed by atoms with E-state index in [1.54, 1.807) is 72.8 Å². The lowest BCUT2D eigenvalue weighted by Gasteiger charge is -2.38. The summed E-state index contributed by atoms with van der Waals surface area (Å²) in [5, 5.41) is 34.5. The van der Waals surface area contributed by atoms with Crippen molar-refractivity contribution in [3.8, 4) is 11.4 Å². The molecule has 0 bridgehead atoms. The summed E-state index contributed by atoms with van der Waals surface area (Å²) in [7, 11) is -7.07. The number of halogens is 2. The summed E-state index contributed by atoms with van der Waals surface area (Å²) in [5.41, 5.74) is 9.75. The minimum atomic E-state index is -3.53. The first-order valence-electron chi connectivity index (χ1n) is 22.1. The summed E-state index contributed by atoms with van der Waals surface area (Å²) >= 11 is 0. The Labute approximate surface area is 381 Å². The number of allylic oxidation sites excluding steroid dienone is 2. The zero-order valence-electron chi connectivity index (χ0n) is 36.1. The predicted octanol–water partition coefficient (Wildman–Crippen LogP) is 9.11. The number of aliphatic hydroxyl groups is 2. The van der Waals surface area contributed by atoms with Crippen LogP contribution in [0.2, 0.25) is 0 Å². The highest BCUT2D eigenvalue weighted by molar-refractivity contribution is 7.95. The molecule has 0 unspecified atom stereocenters.